The molecule has 136 valence electrons. The van der Waals surface area contributed by atoms with Crippen molar-refractivity contribution in [2.75, 3.05) is 0 Å². The molecule has 5 heteroatoms. The molecule has 2 N–H and O–H groups in total. The van der Waals surface area contributed by atoms with E-state index < -0.39 is 0 Å². The molecule has 1 amide bonds. The van der Waals surface area contributed by atoms with E-state index in [-0.39, 0.29) is 11.9 Å². The van der Waals surface area contributed by atoms with Gasteiger partial charge in [0.25, 0.3) is 5.91 Å². The zero-order valence-electron chi connectivity index (χ0n) is 15.1. The third-order valence-corrected chi connectivity index (χ3v) is 6.32. The number of aryl methyl sites for hydroxylation is 1. The molecule has 5 rings (SSSR count). The van der Waals surface area contributed by atoms with Crippen molar-refractivity contribution < 1.29 is 4.79 Å². The topological polar surface area (TPSA) is 59.0 Å². The second-order valence-electron chi connectivity index (χ2n) is 7.99. The van der Waals surface area contributed by atoms with E-state index in [0.717, 1.165) is 62.7 Å². The highest BCUT2D eigenvalue weighted by atomic mass is 16.1. The van der Waals surface area contributed by atoms with Crippen molar-refractivity contribution >= 4 is 5.91 Å². The van der Waals surface area contributed by atoms with Crippen LogP contribution in [0.25, 0.3) is 0 Å². The van der Waals surface area contributed by atoms with Crippen LogP contribution < -0.4 is 10.6 Å². The van der Waals surface area contributed by atoms with Crippen LogP contribution >= 0.6 is 0 Å². The van der Waals surface area contributed by atoms with Crippen molar-refractivity contribution in [3.05, 3.63) is 52.8 Å². The second-order valence-corrected chi connectivity index (χ2v) is 7.99. The van der Waals surface area contributed by atoms with E-state index in [2.05, 4.69) is 40.0 Å². The molecule has 3 aliphatic rings. The lowest BCUT2D eigenvalue weighted by Gasteiger charge is -2.39. The SMILES string of the molecule is O=C(N[C@H]1CC[C@H]1NC1Cc2ccccc2C1)c1cnn2c1CCCC2. The van der Waals surface area contributed by atoms with Crippen LogP contribution in [0.15, 0.2) is 30.5 Å². The lowest BCUT2D eigenvalue weighted by Crippen LogP contribution is -2.59. The van der Waals surface area contributed by atoms with Gasteiger partial charge in [0.2, 0.25) is 0 Å². The van der Waals surface area contributed by atoms with E-state index in [1.54, 1.807) is 6.20 Å². The zero-order chi connectivity index (χ0) is 17.5. The lowest BCUT2D eigenvalue weighted by molar-refractivity contribution is 0.0888. The van der Waals surface area contributed by atoms with Crippen molar-refractivity contribution in [2.24, 2.45) is 0 Å². The number of rotatable bonds is 4. The molecule has 2 aliphatic carbocycles. The molecule has 2 aromatic rings. The molecule has 1 saturated carbocycles. The normalized spacial score (nSPS) is 24.6. The number of carbonyl (C=O) groups is 1. The van der Waals surface area contributed by atoms with Gasteiger partial charge in [-0.15, -0.1) is 0 Å². The summed E-state index contributed by atoms with van der Waals surface area (Å²) >= 11 is 0. The van der Waals surface area contributed by atoms with E-state index in [9.17, 15) is 4.79 Å². The van der Waals surface area contributed by atoms with Crippen molar-refractivity contribution in [1.29, 1.82) is 0 Å². The number of carbonyl (C=O) groups excluding carboxylic acids is 1. The van der Waals surface area contributed by atoms with Crippen LogP contribution in [0.3, 0.4) is 0 Å². The van der Waals surface area contributed by atoms with Crippen LogP contribution in [0, 0.1) is 0 Å². The standard InChI is InChI=1S/C21H26N4O/c26-21(17-13-22-25-10-4-3-7-20(17)25)24-19-9-8-18(19)23-16-11-14-5-1-2-6-15(14)12-16/h1-2,5-6,13,16,18-19,23H,3-4,7-12H2,(H,24,26)/t18-,19+/m1/s1. The minimum Gasteiger partial charge on any atom is -0.348 e. The molecule has 1 aromatic carbocycles. The molecule has 1 fully saturated rings. The maximum atomic E-state index is 12.8. The van der Waals surface area contributed by atoms with Gasteiger partial charge >= 0.3 is 0 Å². The highest BCUT2D eigenvalue weighted by Gasteiger charge is 2.35. The van der Waals surface area contributed by atoms with E-state index in [0.29, 0.717) is 12.1 Å². The van der Waals surface area contributed by atoms with Crippen LogP contribution in [0.4, 0.5) is 0 Å². The summed E-state index contributed by atoms with van der Waals surface area (Å²) in [6.07, 6.45) is 9.45. The molecule has 0 unspecified atom stereocenters. The van der Waals surface area contributed by atoms with Gasteiger partial charge in [-0.05, 0) is 56.1 Å². The highest BCUT2D eigenvalue weighted by Crippen LogP contribution is 2.27. The number of aromatic nitrogens is 2. The molecular formula is C21H26N4O. The summed E-state index contributed by atoms with van der Waals surface area (Å²) in [5.41, 5.74) is 4.83. The number of nitrogens with one attached hydrogen (secondary N) is 2. The predicted octanol–water partition coefficient (Wildman–Crippen LogP) is 2.24. The third-order valence-electron chi connectivity index (χ3n) is 6.32. The van der Waals surface area contributed by atoms with Gasteiger partial charge < -0.3 is 10.6 Å². The Balaban J connectivity index is 1.20. The molecule has 0 saturated heterocycles. The Morgan fingerprint density at radius 1 is 1.08 bits per heavy atom. The first-order valence-corrected chi connectivity index (χ1v) is 9.96. The number of hydrogen-bond acceptors (Lipinski definition) is 3. The number of benzene rings is 1. The highest BCUT2D eigenvalue weighted by molar-refractivity contribution is 5.95. The maximum Gasteiger partial charge on any atom is 0.255 e. The summed E-state index contributed by atoms with van der Waals surface area (Å²) in [7, 11) is 0. The molecule has 1 aliphatic heterocycles. The summed E-state index contributed by atoms with van der Waals surface area (Å²) in [5.74, 6) is 0.0550. The first kappa shape index (κ1) is 16.1. The third kappa shape index (κ3) is 2.84. The smallest absolute Gasteiger partial charge is 0.255 e. The van der Waals surface area contributed by atoms with Crippen molar-refractivity contribution in [3.63, 3.8) is 0 Å². The van der Waals surface area contributed by atoms with Crippen LogP contribution in [0.1, 0.15) is 52.9 Å². The Labute approximate surface area is 154 Å². The Morgan fingerprint density at radius 2 is 1.85 bits per heavy atom. The average molecular weight is 350 g/mol. The van der Waals surface area contributed by atoms with Crippen molar-refractivity contribution in [3.8, 4) is 0 Å². The largest absolute Gasteiger partial charge is 0.348 e. The van der Waals surface area contributed by atoms with Gasteiger partial charge in [-0.1, -0.05) is 24.3 Å². The fourth-order valence-electron chi connectivity index (χ4n) is 4.71. The molecule has 0 spiro atoms. The van der Waals surface area contributed by atoms with Gasteiger partial charge in [-0.2, -0.15) is 5.10 Å². The first-order valence-electron chi connectivity index (χ1n) is 9.96. The molecular weight excluding hydrogens is 324 g/mol. The van der Waals surface area contributed by atoms with Gasteiger partial charge in [0.05, 0.1) is 17.5 Å². The zero-order valence-corrected chi connectivity index (χ0v) is 15.1. The summed E-state index contributed by atoms with van der Waals surface area (Å²) in [5, 5.41) is 11.4. The molecule has 5 nitrogen and oxygen atoms in total. The van der Waals surface area contributed by atoms with E-state index in [4.69, 9.17) is 0 Å². The van der Waals surface area contributed by atoms with Crippen LogP contribution in [-0.4, -0.2) is 33.8 Å². The van der Waals surface area contributed by atoms with Crippen LogP contribution in [-0.2, 0) is 25.8 Å². The number of amides is 1. The molecule has 2 atom stereocenters. The van der Waals surface area contributed by atoms with Gasteiger partial charge in [0, 0.05) is 24.7 Å². The molecule has 0 radical (unpaired) electrons. The lowest BCUT2D eigenvalue weighted by atomic mass is 9.85. The van der Waals surface area contributed by atoms with E-state index in [1.165, 1.54) is 11.1 Å². The minimum atomic E-state index is 0.0550. The quantitative estimate of drug-likeness (QED) is 0.889. The summed E-state index contributed by atoms with van der Waals surface area (Å²) in [6, 6.07) is 9.86. The molecule has 26 heavy (non-hydrogen) atoms. The van der Waals surface area contributed by atoms with Gasteiger partial charge in [-0.25, -0.2) is 0 Å². The second kappa shape index (κ2) is 6.54. The predicted molar refractivity (Wildman–Crippen MR) is 100 cm³/mol. The number of hydrogen-bond donors (Lipinski definition) is 2. The summed E-state index contributed by atoms with van der Waals surface area (Å²) in [4.78, 5) is 12.8. The van der Waals surface area contributed by atoms with Gasteiger partial charge in [0.15, 0.2) is 0 Å². The van der Waals surface area contributed by atoms with Crippen LogP contribution in [0.2, 0.25) is 0 Å². The Bertz CT molecular complexity index is 802. The monoisotopic (exact) mass is 350 g/mol. The van der Waals surface area contributed by atoms with Crippen molar-refractivity contribution in [2.45, 2.75) is 69.6 Å². The minimum absolute atomic E-state index is 0.0550. The Kier molecular flexibility index (Phi) is 4.04. The van der Waals surface area contributed by atoms with Crippen LogP contribution in [0.5, 0.6) is 0 Å². The molecule has 0 bridgehead atoms. The number of nitrogens with zero attached hydrogens (tertiary/aromatic N) is 2. The Morgan fingerprint density at radius 3 is 2.58 bits per heavy atom. The summed E-state index contributed by atoms with van der Waals surface area (Å²) in [6.45, 7) is 0.943. The van der Waals surface area contributed by atoms with E-state index in [1.807, 2.05) is 4.68 Å². The van der Waals surface area contributed by atoms with Gasteiger partial charge in [-0.3, -0.25) is 9.48 Å². The maximum absolute atomic E-state index is 12.8. The van der Waals surface area contributed by atoms with E-state index >= 15 is 0 Å². The van der Waals surface area contributed by atoms with Crippen molar-refractivity contribution in [1.82, 2.24) is 20.4 Å². The first-order chi connectivity index (χ1) is 12.8. The van der Waals surface area contributed by atoms with Gasteiger partial charge in [0.1, 0.15) is 0 Å². The summed E-state index contributed by atoms with van der Waals surface area (Å²) < 4.78 is 2.00. The fourth-order valence-corrected chi connectivity index (χ4v) is 4.71. The average Bonchev–Trinajstić information content (AvgIpc) is 3.26. The molecule has 1 aromatic heterocycles. The Hall–Kier alpha value is -2.14. The number of fused-ring (bicyclic) bond motifs is 2. The molecule has 2 heterocycles. The fraction of sp³-hybridized carbons (Fsp3) is 0.524.